The van der Waals surface area contributed by atoms with E-state index >= 15 is 0 Å². The van der Waals surface area contributed by atoms with E-state index in [0.717, 1.165) is 11.3 Å². The van der Waals surface area contributed by atoms with E-state index < -0.39 is 10.0 Å². The van der Waals surface area contributed by atoms with Gasteiger partial charge in [-0.2, -0.15) is 0 Å². The summed E-state index contributed by atoms with van der Waals surface area (Å²) in [6.07, 6.45) is 0. The maximum atomic E-state index is 12.1. The minimum Gasteiger partial charge on any atom is -0.278 e. The summed E-state index contributed by atoms with van der Waals surface area (Å²) in [5.74, 6) is 0. The van der Waals surface area contributed by atoms with Crippen molar-refractivity contribution in [2.75, 3.05) is 4.72 Å². The van der Waals surface area contributed by atoms with Gasteiger partial charge in [-0.3, -0.25) is 4.72 Å². The lowest BCUT2D eigenvalue weighted by atomic mass is 10.3. The molecular weight excluding hydrogens is 381 g/mol. The molecule has 0 spiro atoms. The van der Waals surface area contributed by atoms with Crippen LogP contribution in [0.1, 0.15) is 0 Å². The molecule has 0 aliphatic carbocycles. The molecule has 0 amide bonds. The molecule has 18 heavy (non-hydrogen) atoms. The number of nitrogens with one attached hydrogen (secondary N) is 1. The third-order valence-corrected chi connectivity index (χ3v) is 6.00. The summed E-state index contributed by atoms with van der Waals surface area (Å²) in [4.78, 5) is 0. The summed E-state index contributed by atoms with van der Waals surface area (Å²) in [6, 6.07) is 7.84. The van der Waals surface area contributed by atoms with Crippen LogP contribution in [0.5, 0.6) is 0 Å². The molecule has 0 aliphatic rings. The molecule has 0 bridgehead atoms. The molecule has 0 saturated heterocycles. The molecule has 0 radical (unpaired) electrons. The van der Waals surface area contributed by atoms with Crippen molar-refractivity contribution in [3.63, 3.8) is 0 Å². The predicted octanol–water partition coefficient (Wildman–Crippen LogP) is 4.62. The van der Waals surface area contributed by atoms with Crippen molar-refractivity contribution < 1.29 is 8.42 Å². The lowest BCUT2D eigenvalue weighted by Gasteiger charge is -2.08. The maximum absolute atomic E-state index is 12.1. The van der Waals surface area contributed by atoms with Crippen LogP contribution in [0.25, 0.3) is 0 Å². The Kier molecular flexibility index (Phi) is 4.23. The second kappa shape index (κ2) is 5.38. The highest BCUT2D eigenvalue weighted by Gasteiger charge is 2.18. The van der Waals surface area contributed by atoms with Gasteiger partial charge in [0.2, 0.25) is 0 Å². The van der Waals surface area contributed by atoms with Gasteiger partial charge in [0, 0.05) is 9.50 Å². The molecule has 1 heterocycles. The Morgan fingerprint density at radius 1 is 1.17 bits per heavy atom. The second-order valence-corrected chi connectivity index (χ2v) is 8.20. The fraction of sp³-hybridized carbons (Fsp3) is 0. The van der Waals surface area contributed by atoms with Crippen LogP contribution in [-0.2, 0) is 10.0 Å². The van der Waals surface area contributed by atoms with E-state index in [1.165, 1.54) is 18.2 Å². The highest BCUT2D eigenvalue weighted by molar-refractivity contribution is 9.10. The minimum absolute atomic E-state index is 0.152. The number of hydrogen-bond acceptors (Lipinski definition) is 3. The average molecular weight is 387 g/mol. The summed E-state index contributed by atoms with van der Waals surface area (Å²) in [5.41, 5.74) is 0.382. The van der Waals surface area contributed by atoms with E-state index in [9.17, 15) is 8.42 Å². The lowest BCUT2D eigenvalue weighted by Crippen LogP contribution is -2.11. The van der Waals surface area contributed by atoms with Gasteiger partial charge in [0.1, 0.15) is 4.21 Å². The smallest absolute Gasteiger partial charge is 0.271 e. The van der Waals surface area contributed by atoms with Crippen LogP contribution in [-0.4, -0.2) is 8.42 Å². The number of sulfonamides is 1. The van der Waals surface area contributed by atoms with Crippen molar-refractivity contribution >= 4 is 66.2 Å². The van der Waals surface area contributed by atoms with Gasteiger partial charge < -0.3 is 0 Å². The van der Waals surface area contributed by atoms with Crippen molar-refractivity contribution in [1.29, 1.82) is 0 Å². The van der Waals surface area contributed by atoms with E-state index in [0.29, 0.717) is 19.5 Å². The van der Waals surface area contributed by atoms with E-state index in [1.54, 1.807) is 12.1 Å². The largest absolute Gasteiger partial charge is 0.278 e. The Balaban J connectivity index is 2.36. The van der Waals surface area contributed by atoms with Gasteiger partial charge in [0.25, 0.3) is 10.0 Å². The van der Waals surface area contributed by atoms with Crippen molar-refractivity contribution in [1.82, 2.24) is 0 Å². The van der Waals surface area contributed by atoms with Gasteiger partial charge in [-0.05, 0) is 46.3 Å². The van der Waals surface area contributed by atoms with Crippen LogP contribution in [0, 0.1) is 0 Å². The number of anilines is 1. The maximum Gasteiger partial charge on any atom is 0.271 e. The van der Waals surface area contributed by atoms with Crippen LogP contribution in [0.2, 0.25) is 9.36 Å². The molecule has 3 nitrogen and oxygen atoms in total. The van der Waals surface area contributed by atoms with Crippen LogP contribution in [0.4, 0.5) is 5.69 Å². The highest BCUT2D eigenvalue weighted by Crippen LogP contribution is 2.31. The molecule has 1 N–H and O–H groups in total. The highest BCUT2D eigenvalue weighted by atomic mass is 79.9. The molecule has 0 atom stereocenters. The van der Waals surface area contributed by atoms with Gasteiger partial charge in [-0.25, -0.2) is 8.42 Å². The van der Waals surface area contributed by atoms with E-state index in [4.69, 9.17) is 23.2 Å². The molecule has 96 valence electrons. The fourth-order valence-electron chi connectivity index (χ4n) is 1.21. The molecule has 0 fully saturated rings. The first-order valence-electron chi connectivity index (χ1n) is 4.62. The average Bonchev–Trinajstić information content (AvgIpc) is 2.71. The first-order valence-corrected chi connectivity index (χ1v) is 8.46. The summed E-state index contributed by atoms with van der Waals surface area (Å²) < 4.78 is 27.7. The zero-order chi connectivity index (χ0) is 13.3. The molecule has 0 aliphatic heterocycles. The molecule has 8 heteroatoms. The summed E-state index contributed by atoms with van der Waals surface area (Å²) in [6.45, 7) is 0. The van der Waals surface area contributed by atoms with Crippen molar-refractivity contribution in [3.8, 4) is 0 Å². The van der Waals surface area contributed by atoms with Gasteiger partial charge in [-0.15, -0.1) is 11.3 Å². The lowest BCUT2D eigenvalue weighted by molar-refractivity contribution is 0.603. The molecule has 1 aromatic heterocycles. The number of benzene rings is 1. The minimum atomic E-state index is -3.64. The predicted molar refractivity (Wildman–Crippen MR) is 79.3 cm³/mol. The van der Waals surface area contributed by atoms with Crippen LogP contribution in [0.3, 0.4) is 0 Å². The van der Waals surface area contributed by atoms with Gasteiger partial charge in [0.05, 0.1) is 10.0 Å². The van der Waals surface area contributed by atoms with Gasteiger partial charge in [0.15, 0.2) is 0 Å². The Hall–Kier alpha value is -0.270. The Labute approximate surface area is 127 Å². The standard InChI is InChI=1S/C10H6BrCl2NO2S2/c11-7-2-1-6(12)5-8(7)14-18(15,16)10-4-3-9(13)17-10/h1-5,14H. The summed E-state index contributed by atoms with van der Waals surface area (Å²) >= 11 is 15.8. The third kappa shape index (κ3) is 3.19. The van der Waals surface area contributed by atoms with E-state index in [-0.39, 0.29) is 4.21 Å². The molecular formula is C10H6BrCl2NO2S2. The molecule has 2 rings (SSSR count). The van der Waals surface area contributed by atoms with Crippen molar-refractivity contribution in [2.45, 2.75) is 4.21 Å². The Morgan fingerprint density at radius 3 is 2.50 bits per heavy atom. The van der Waals surface area contributed by atoms with E-state index in [2.05, 4.69) is 20.7 Å². The second-order valence-electron chi connectivity index (χ2n) is 3.29. The Bertz CT molecular complexity index is 685. The number of thiophene rings is 1. The molecule has 2 aromatic rings. The molecule has 0 unspecified atom stereocenters. The number of hydrogen-bond donors (Lipinski definition) is 1. The zero-order valence-electron chi connectivity index (χ0n) is 8.65. The third-order valence-electron chi connectivity index (χ3n) is 1.99. The quantitative estimate of drug-likeness (QED) is 0.836. The summed E-state index contributed by atoms with van der Waals surface area (Å²) in [5, 5.41) is 0.445. The van der Waals surface area contributed by atoms with Crippen LogP contribution in [0.15, 0.2) is 39.0 Å². The SMILES string of the molecule is O=S(=O)(Nc1cc(Cl)ccc1Br)c1ccc(Cl)s1. The molecule has 0 saturated carbocycles. The fourth-order valence-corrected chi connectivity index (χ4v) is 4.42. The number of rotatable bonds is 3. The molecule has 1 aromatic carbocycles. The number of halogens is 3. The van der Waals surface area contributed by atoms with Crippen LogP contribution < -0.4 is 4.72 Å². The van der Waals surface area contributed by atoms with Gasteiger partial charge >= 0.3 is 0 Å². The van der Waals surface area contributed by atoms with E-state index in [1.807, 2.05) is 0 Å². The topological polar surface area (TPSA) is 46.2 Å². The Morgan fingerprint density at radius 2 is 1.89 bits per heavy atom. The van der Waals surface area contributed by atoms with Crippen molar-refractivity contribution in [3.05, 3.63) is 44.2 Å². The van der Waals surface area contributed by atoms with Gasteiger partial charge in [-0.1, -0.05) is 23.2 Å². The first-order chi connectivity index (χ1) is 8.38. The zero-order valence-corrected chi connectivity index (χ0v) is 13.4. The van der Waals surface area contributed by atoms with Crippen molar-refractivity contribution in [2.24, 2.45) is 0 Å². The van der Waals surface area contributed by atoms with Crippen LogP contribution >= 0.6 is 50.5 Å². The first kappa shape index (κ1) is 14.1. The summed E-state index contributed by atoms with van der Waals surface area (Å²) in [7, 11) is -3.64. The normalized spacial score (nSPS) is 11.5. The monoisotopic (exact) mass is 385 g/mol.